The average molecular weight is 333 g/mol. The molecule has 0 saturated carbocycles. The second kappa shape index (κ2) is 6.56. The van der Waals surface area contributed by atoms with Gasteiger partial charge < -0.3 is 4.74 Å². The highest BCUT2D eigenvalue weighted by Crippen LogP contribution is 2.32. The number of hydrogen-bond acceptors (Lipinski definition) is 6. The fraction of sp³-hybridized carbons (Fsp3) is 0.273. The van der Waals surface area contributed by atoms with Crippen LogP contribution in [0.25, 0.3) is 0 Å². The average Bonchev–Trinajstić information content (AvgIpc) is 2.89. The van der Waals surface area contributed by atoms with Crippen LogP contribution in [0.15, 0.2) is 18.3 Å². The molecule has 0 radical (unpaired) electrons. The third kappa shape index (κ3) is 4.28. The first-order valence-electron chi connectivity index (χ1n) is 5.96. The van der Waals surface area contributed by atoms with Crippen LogP contribution in [-0.4, -0.2) is 27.8 Å². The van der Waals surface area contributed by atoms with E-state index in [1.54, 1.807) is 6.07 Å². The molecule has 11 heteroatoms. The summed E-state index contributed by atoms with van der Waals surface area (Å²) in [6.07, 6.45) is -3.18. The van der Waals surface area contributed by atoms with E-state index in [2.05, 4.69) is 25.8 Å². The number of nitrogens with one attached hydrogen (secondary N) is 2. The van der Waals surface area contributed by atoms with E-state index in [1.165, 1.54) is 12.3 Å². The van der Waals surface area contributed by atoms with Gasteiger partial charge in [-0.25, -0.2) is 9.78 Å². The molecular weight excluding hydrogens is 323 g/mol. The predicted octanol–water partition coefficient (Wildman–Crippen LogP) is 2.99. The molecule has 0 atom stereocenters. The number of nitrogens with zero attached hydrogens (tertiary/aromatic N) is 3. The van der Waals surface area contributed by atoms with Crippen LogP contribution in [0.1, 0.15) is 11.9 Å². The Morgan fingerprint density at radius 2 is 2.09 bits per heavy atom. The van der Waals surface area contributed by atoms with Gasteiger partial charge in [0.15, 0.2) is 0 Å². The molecule has 0 aliphatic carbocycles. The first kappa shape index (κ1) is 15.9. The highest BCUT2D eigenvalue weighted by atomic mass is 32.1. The number of alkyl halides is 3. The van der Waals surface area contributed by atoms with Crippen molar-refractivity contribution in [3.8, 4) is 5.75 Å². The van der Waals surface area contributed by atoms with E-state index in [9.17, 15) is 18.0 Å². The van der Waals surface area contributed by atoms with Gasteiger partial charge in [0.05, 0.1) is 12.8 Å². The lowest BCUT2D eigenvalue weighted by Gasteiger charge is -2.06. The number of aromatic nitrogens is 3. The minimum atomic E-state index is -4.59. The van der Waals surface area contributed by atoms with E-state index < -0.39 is 17.2 Å². The summed E-state index contributed by atoms with van der Waals surface area (Å²) in [6, 6.07) is 2.31. The van der Waals surface area contributed by atoms with Gasteiger partial charge in [0.2, 0.25) is 10.1 Å². The highest BCUT2D eigenvalue weighted by Gasteiger charge is 2.35. The molecule has 118 valence electrons. The van der Waals surface area contributed by atoms with Crippen molar-refractivity contribution in [3.63, 3.8) is 0 Å². The summed E-state index contributed by atoms with van der Waals surface area (Å²) in [4.78, 5) is 15.5. The minimum Gasteiger partial charge on any atom is -0.492 e. The van der Waals surface area contributed by atoms with Crippen LogP contribution in [0.3, 0.4) is 0 Å². The van der Waals surface area contributed by atoms with Crippen molar-refractivity contribution in [2.45, 2.75) is 13.1 Å². The Labute approximate surface area is 126 Å². The monoisotopic (exact) mass is 333 g/mol. The molecule has 22 heavy (non-hydrogen) atoms. The van der Waals surface area contributed by atoms with Crippen molar-refractivity contribution in [3.05, 3.63) is 23.3 Å². The summed E-state index contributed by atoms with van der Waals surface area (Å²) in [5.41, 5.74) is 0. The maximum atomic E-state index is 12.3. The molecule has 0 aliphatic rings. The maximum Gasteiger partial charge on any atom is 0.445 e. The Balaban J connectivity index is 1.94. The van der Waals surface area contributed by atoms with Gasteiger partial charge in [-0.1, -0.05) is 11.3 Å². The van der Waals surface area contributed by atoms with Crippen LogP contribution in [0.2, 0.25) is 0 Å². The smallest absolute Gasteiger partial charge is 0.445 e. The van der Waals surface area contributed by atoms with Gasteiger partial charge in [-0.15, -0.1) is 10.2 Å². The molecule has 2 amide bonds. The number of pyridine rings is 1. The van der Waals surface area contributed by atoms with Crippen molar-refractivity contribution in [1.29, 1.82) is 0 Å². The molecule has 2 rings (SSSR count). The lowest BCUT2D eigenvalue weighted by Crippen LogP contribution is -2.19. The number of carbonyl (C=O) groups is 1. The summed E-state index contributed by atoms with van der Waals surface area (Å²) in [5.74, 6) is 0.744. The lowest BCUT2D eigenvalue weighted by molar-refractivity contribution is -0.138. The molecule has 0 saturated heterocycles. The summed E-state index contributed by atoms with van der Waals surface area (Å²) in [7, 11) is 0. The Morgan fingerprint density at radius 3 is 2.64 bits per heavy atom. The standard InChI is InChI=1S/C11H10F3N5O2S/c1-2-21-6-3-4-7(15-5-6)16-9(20)17-10-19-18-8(22-10)11(12,13)14/h3-5H,2H2,1H3,(H2,15,16,17,19,20). The van der Waals surface area contributed by atoms with Crippen molar-refractivity contribution in [2.24, 2.45) is 0 Å². The van der Waals surface area contributed by atoms with E-state index >= 15 is 0 Å². The van der Waals surface area contributed by atoms with Crippen LogP contribution >= 0.6 is 11.3 Å². The molecule has 2 aromatic heterocycles. The minimum absolute atomic E-state index is 0.210. The van der Waals surface area contributed by atoms with E-state index in [-0.39, 0.29) is 22.3 Å². The first-order valence-corrected chi connectivity index (χ1v) is 6.77. The second-order valence-electron chi connectivity index (χ2n) is 3.80. The normalized spacial score (nSPS) is 11.1. The summed E-state index contributed by atoms with van der Waals surface area (Å²) >= 11 is 0.228. The molecule has 0 aromatic carbocycles. The van der Waals surface area contributed by atoms with E-state index in [1.807, 2.05) is 6.92 Å². The zero-order chi connectivity index (χ0) is 16.2. The second-order valence-corrected chi connectivity index (χ2v) is 4.78. The van der Waals surface area contributed by atoms with Gasteiger partial charge in [0, 0.05) is 0 Å². The molecular formula is C11H10F3N5O2S. The summed E-state index contributed by atoms with van der Waals surface area (Å²) in [5, 5.41) is 9.28. The van der Waals surface area contributed by atoms with Crippen LogP contribution in [0.5, 0.6) is 5.75 Å². The number of hydrogen-bond donors (Lipinski definition) is 2. The van der Waals surface area contributed by atoms with Gasteiger partial charge in [0.1, 0.15) is 11.6 Å². The Bertz CT molecular complexity index is 644. The third-order valence-electron chi connectivity index (χ3n) is 2.18. The number of amides is 2. The quantitative estimate of drug-likeness (QED) is 0.898. The third-order valence-corrected chi connectivity index (χ3v) is 3.06. The van der Waals surface area contributed by atoms with E-state index in [4.69, 9.17) is 4.74 Å². The molecule has 0 bridgehead atoms. The molecule has 2 heterocycles. The van der Waals surface area contributed by atoms with Crippen LogP contribution < -0.4 is 15.4 Å². The van der Waals surface area contributed by atoms with E-state index in [0.717, 1.165) is 0 Å². The Hall–Kier alpha value is -2.43. The molecule has 0 fully saturated rings. The fourth-order valence-electron chi connectivity index (χ4n) is 1.34. The fourth-order valence-corrected chi connectivity index (χ4v) is 1.95. The SMILES string of the molecule is CCOc1ccc(NC(=O)Nc2nnc(C(F)(F)F)s2)nc1. The van der Waals surface area contributed by atoms with Gasteiger partial charge in [-0.3, -0.25) is 10.6 Å². The number of halogens is 3. The van der Waals surface area contributed by atoms with Gasteiger partial charge >= 0.3 is 12.2 Å². The van der Waals surface area contributed by atoms with Crippen molar-refractivity contribution in [2.75, 3.05) is 17.2 Å². The molecule has 2 aromatic rings. The van der Waals surface area contributed by atoms with Crippen molar-refractivity contribution in [1.82, 2.24) is 15.2 Å². The van der Waals surface area contributed by atoms with Gasteiger partial charge in [-0.05, 0) is 19.1 Å². The van der Waals surface area contributed by atoms with Gasteiger partial charge in [0.25, 0.3) is 0 Å². The van der Waals surface area contributed by atoms with Gasteiger partial charge in [-0.2, -0.15) is 13.2 Å². The lowest BCUT2D eigenvalue weighted by atomic mass is 10.4. The zero-order valence-corrected chi connectivity index (χ0v) is 12.0. The Morgan fingerprint density at radius 1 is 1.32 bits per heavy atom. The van der Waals surface area contributed by atoms with Crippen molar-refractivity contribution >= 4 is 28.3 Å². The first-order chi connectivity index (χ1) is 10.4. The van der Waals surface area contributed by atoms with E-state index in [0.29, 0.717) is 12.4 Å². The zero-order valence-electron chi connectivity index (χ0n) is 11.1. The largest absolute Gasteiger partial charge is 0.492 e. The number of rotatable bonds is 4. The van der Waals surface area contributed by atoms with Crippen LogP contribution in [-0.2, 0) is 6.18 Å². The molecule has 0 spiro atoms. The predicted molar refractivity (Wildman–Crippen MR) is 73.0 cm³/mol. The number of urea groups is 1. The topological polar surface area (TPSA) is 89.0 Å². The number of carbonyl (C=O) groups excluding carboxylic acids is 1. The Kier molecular flexibility index (Phi) is 4.75. The summed E-state index contributed by atoms with van der Waals surface area (Å²) < 4.78 is 42.2. The summed E-state index contributed by atoms with van der Waals surface area (Å²) in [6.45, 7) is 2.30. The number of anilines is 2. The molecule has 0 unspecified atom stereocenters. The molecule has 7 nitrogen and oxygen atoms in total. The van der Waals surface area contributed by atoms with Crippen LogP contribution in [0.4, 0.5) is 28.9 Å². The van der Waals surface area contributed by atoms with Crippen LogP contribution in [0, 0.1) is 0 Å². The van der Waals surface area contributed by atoms with Crippen molar-refractivity contribution < 1.29 is 22.7 Å². The number of ether oxygens (including phenoxy) is 1. The highest BCUT2D eigenvalue weighted by molar-refractivity contribution is 7.15. The maximum absolute atomic E-state index is 12.3. The molecule has 2 N–H and O–H groups in total. The molecule has 0 aliphatic heterocycles.